The Kier molecular flexibility index (Phi) is 6.62. The van der Waals surface area contributed by atoms with Crippen LogP contribution in [0.4, 0.5) is 4.79 Å². The average molecular weight is 437 g/mol. The van der Waals surface area contributed by atoms with Gasteiger partial charge in [-0.15, -0.1) is 0 Å². The molecule has 8 heteroatoms. The van der Waals surface area contributed by atoms with Gasteiger partial charge in [0.05, 0.1) is 0 Å². The summed E-state index contributed by atoms with van der Waals surface area (Å²) in [6, 6.07) is 13.5. The molecule has 1 aliphatic heterocycles. The summed E-state index contributed by atoms with van der Waals surface area (Å²) in [6.45, 7) is 6.05. The summed E-state index contributed by atoms with van der Waals surface area (Å²) < 4.78 is 0. The first kappa shape index (κ1) is 23.0. The molecule has 2 aromatic rings. The van der Waals surface area contributed by atoms with Gasteiger partial charge in [0, 0.05) is 18.7 Å². The molecular formula is C24H28N4O4. The number of carbonyl (C=O) groups excluding carboxylic acids is 4. The highest BCUT2D eigenvalue weighted by molar-refractivity contribution is 6.09. The van der Waals surface area contributed by atoms with Gasteiger partial charge in [-0.25, -0.2) is 4.79 Å². The molecule has 0 radical (unpaired) electrons. The van der Waals surface area contributed by atoms with E-state index in [1.165, 1.54) is 12.1 Å². The summed E-state index contributed by atoms with van der Waals surface area (Å²) in [6.07, 6.45) is 0.745. The molecule has 0 aromatic heterocycles. The van der Waals surface area contributed by atoms with E-state index < -0.39 is 23.4 Å². The smallest absolute Gasteiger partial charge is 0.325 e. The van der Waals surface area contributed by atoms with E-state index in [0.717, 1.165) is 22.4 Å². The van der Waals surface area contributed by atoms with Crippen LogP contribution in [0.2, 0.25) is 0 Å². The Balaban J connectivity index is 1.78. The zero-order valence-corrected chi connectivity index (χ0v) is 18.6. The maximum atomic E-state index is 13.2. The zero-order chi connectivity index (χ0) is 23.5. The van der Waals surface area contributed by atoms with Gasteiger partial charge in [0.15, 0.2) is 0 Å². The first-order valence-corrected chi connectivity index (χ1v) is 10.5. The number of primary amides is 1. The van der Waals surface area contributed by atoms with Crippen LogP contribution in [0, 0.1) is 6.92 Å². The number of carbonyl (C=O) groups is 4. The van der Waals surface area contributed by atoms with Gasteiger partial charge in [-0.2, -0.15) is 0 Å². The predicted octanol–water partition coefficient (Wildman–Crippen LogP) is 2.30. The third-order valence-corrected chi connectivity index (χ3v) is 5.63. The first-order chi connectivity index (χ1) is 15.2. The molecule has 0 bridgehead atoms. The van der Waals surface area contributed by atoms with E-state index in [4.69, 9.17) is 5.73 Å². The topological polar surface area (TPSA) is 113 Å². The van der Waals surface area contributed by atoms with Crippen molar-refractivity contribution in [2.75, 3.05) is 13.1 Å². The highest BCUT2D eigenvalue weighted by Gasteiger charge is 2.49. The molecule has 2 aromatic carbocycles. The molecule has 1 atom stereocenters. The summed E-state index contributed by atoms with van der Waals surface area (Å²) in [5.74, 6) is -1.50. The second-order valence-electron chi connectivity index (χ2n) is 8.19. The summed E-state index contributed by atoms with van der Waals surface area (Å²) in [7, 11) is 0. The van der Waals surface area contributed by atoms with Crippen LogP contribution in [-0.4, -0.2) is 46.6 Å². The van der Waals surface area contributed by atoms with E-state index in [0.29, 0.717) is 18.7 Å². The van der Waals surface area contributed by atoms with Crippen molar-refractivity contribution in [1.82, 2.24) is 15.1 Å². The molecule has 3 rings (SSSR count). The maximum Gasteiger partial charge on any atom is 0.325 e. The van der Waals surface area contributed by atoms with E-state index in [9.17, 15) is 19.2 Å². The van der Waals surface area contributed by atoms with Gasteiger partial charge in [0.25, 0.3) is 5.91 Å². The van der Waals surface area contributed by atoms with Crippen LogP contribution in [0.3, 0.4) is 0 Å². The quantitative estimate of drug-likeness (QED) is 0.618. The number of nitrogens with zero attached hydrogens (tertiary/aromatic N) is 2. The zero-order valence-electron chi connectivity index (χ0n) is 18.6. The lowest BCUT2D eigenvalue weighted by molar-refractivity contribution is -0.139. The number of amides is 5. The molecule has 1 heterocycles. The Morgan fingerprint density at radius 2 is 1.81 bits per heavy atom. The predicted molar refractivity (Wildman–Crippen MR) is 119 cm³/mol. The minimum absolute atomic E-state index is 0.229. The Hall–Kier alpha value is -3.68. The monoisotopic (exact) mass is 436 g/mol. The maximum absolute atomic E-state index is 13.2. The molecule has 1 aliphatic rings. The molecule has 1 saturated heterocycles. The number of hydrogen-bond donors (Lipinski definition) is 2. The molecule has 8 nitrogen and oxygen atoms in total. The molecule has 32 heavy (non-hydrogen) atoms. The fourth-order valence-electron chi connectivity index (χ4n) is 3.73. The van der Waals surface area contributed by atoms with Crippen molar-refractivity contribution in [2.45, 2.75) is 39.3 Å². The molecule has 168 valence electrons. The van der Waals surface area contributed by atoms with Gasteiger partial charge in [0.2, 0.25) is 11.8 Å². The summed E-state index contributed by atoms with van der Waals surface area (Å²) in [5.41, 5.74) is 6.70. The van der Waals surface area contributed by atoms with Gasteiger partial charge in [-0.05, 0) is 43.5 Å². The van der Waals surface area contributed by atoms with Gasteiger partial charge < -0.3 is 16.0 Å². The third-order valence-electron chi connectivity index (χ3n) is 5.63. The van der Waals surface area contributed by atoms with Crippen LogP contribution in [0.15, 0.2) is 48.5 Å². The molecule has 0 aliphatic carbocycles. The standard InChI is InChI=1S/C24H28N4O4/c1-4-12-27(14-17-10-8-16(2)9-11-17)20(29)15-28-22(31)24(3,26-23(28)32)19-7-5-6-18(13-19)21(25)30/h5-11,13H,4,12,14-15H2,1-3H3,(H2,25,30)(H,26,32). The van der Waals surface area contributed by atoms with Crippen LogP contribution >= 0.6 is 0 Å². The molecule has 5 amide bonds. The first-order valence-electron chi connectivity index (χ1n) is 10.5. The summed E-state index contributed by atoms with van der Waals surface area (Å²) in [4.78, 5) is 53.0. The Bertz CT molecular complexity index is 1050. The molecule has 1 unspecified atom stereocenters. The second-order valence-corrected chi connectivity index (χ2v) is 8.19. The number of nitrogens with two attached hydrogens (primary N) is 1. The van der Waals surface area contributed by atoms with E-state index in [1.807, 2.05) is 38.1 Å². The van der Waals surface area contributed by atoms with E-state index in [-0.39, 0.29) is 18.0 Å². The number of benzene rings is 2. The van der Waals surface area contributed by atoms with Gasteiger partial charge in [0.1, 0.15) is 12.1 Å². The molecule has 1 fully saturated rings. The van der Waals surface area contributed by atoms with Crippen molar-refractivity contribution in [1.29, 1.82) is 0 Å². The number of rotatable bonds is 8. The Morgan fingerprint density at radius 1 is 1.12 bits per heavy atom. The lowest BCUT2D eigenvalue weighted by Gasteiger charge is -2.25. The third kappa shape index (κ3) is 4.64. The fraction of sp³-hybridized carbons (Fsp3) is 0.333. The largest absolute Gasteiger partial charge is 0.366 e. The van der Waals surface area contributed by atoms with Gasteiger partial charge >= 0.3 is 6.03 Å². The van der Waals surface area contributed by atoms with Crippen molar-refractivity contribution in [3.63, 3.8) is 0 Å². The number of imide groups is 1. The lowest BCUT2D eigenvalue weighted by Crippen LogP contribution is -2.44. The number of urea groups is 1. The highest BCUT2D eigenvalue weighted by Crippen LogP contribution is 2.29. The van der Waals surface area contributed by atoms with Crippen LogP contribution in [0.1, 0.15) is 47.3 Å². The Morgan fingerprint density at radius 3 is 2.44 bits per heavy atom. The van der Waals surface area contributed by atoms with Gasteiger partial charge in [-0.3, -0.25) is 19.3 Å². The number of hydrogen-bond acceptors (Lipinski definition) is 4. The molecule has 3 N–H and O–H groups in total. The van der Waals surface area contributed by atoms with E-state index >= 15 is 0 Å². The van der Waals surface area contributed by atoms with Crippen molar-refractivity contribution < 1.29 is 19.2 Å². The molecule has 0 spiro atoms. The van der Waals surface area contributed by atoms with Crippen LogP contribution in [0.25, 0.3) is 0 Å². The normalized spacial score (nSPS) is 17.9. The second kappa shape index (κ2) is 9.21. The van der Waals surface area contributed by atoms with Crippen molar-refractivity contribution in [3.05, 3.63) is 70.8 Å². The minimum Gasteiger partial charge on any atom is -0.366 e. The van der Waals surface area contributed by atoms with Crippen LogP contribution in [0.5, 0.6) is 0 Å². The summed E-state index contributed by atoms with van der Waals surface area (Å²) >= 11 is 0. The van der Waals surface area contributed by atoms with Gasteiger partial charge in [-0.1, -0.05) is 48.9 Å². The summed E-state index contributed by atoms with van der Waals surface area (Å²) in [5, 5.41) is 2.66. The molecule has 0 saturated carbocycles. The SMILES string of the molecule is CCCN(Cc1ccc(C)cc1)C(=O)CN1C(=O)NC(C)(c2cccc(C(N)=O)c2)C1=O. The fourth-order valence-corrected chi connectivity index (χ4v) is 3.73. The van der Waals surface area contributed by atoms with Crippen molar-refractivity contribution in [3.8, 4) is 0 Å². The van der Waals surface area contributed by atoms with E-state index in [2.05, 4.69) is 5.32 Å². The lowest BCUT2D eigenvalue weighted by atomic mass is 9.90. The molecular weight excluding hydrogens is 408 g/mol. The number of aryl methyl sites for hydroxylation is 1. The number of nitrogens with one attached hydrogen (secondary N) is 1. The average Bonchev–Trinajstić information content (AvgIpc) is 2.99. The van der Waals surface area contributed by atoms with Crippen LogP contribution in [-0.2, 0) is 21.7 Å². The minimum atomic E-state index is -1.39. The van der Waals surface area contributed by atoms with Crippen LogP contribution < -0.4 is 11.1 Å². The van der Waals surface area contributed by atoms with E-state index in [1.54, 1.807) is 24.0 Å². The highest BCUT2D eigenvalue weighted by atomic mass is 16.2. The van der Waals surface area contributed by atoms with Crippen molar-refractivity contribution >= 4 is 23.8 Å². The van der Waals surface area contributed by atoms with Crippen molar-refractivity contribution in [2.24, 2.45) is 5.73 Å². The Labute approximate surface area is 187 Å².